The van der Waals surface area contributed by atoms with Crippen LogP contribution in [0.3, 0.4) is 0 Å². The summed E-state index contributed by atoms with van der Waals surface area (Å²) in [4.78, 5) is 19.1. The molecule has 8 heteroatoms. The van der Waals surface area contributed by atoms with Crippen LogP contribution in [0.25, 0.3) is 32.6 Å². The highest BCUT2D eigenvalue weighted by molar-refractivity contribution is 7.21. The summed E-state index contributed by atoms with van der Waals surface area (Å²) in [5.41, 5.74) is 10.9. The summed E-state index contributed by atoms with van der Waals surface area (Å²) in [6.45, 7) is 0. The monoisotopic (exact) mass is 519 g/mol. The lowest BCUT2D eigenvalue weighted by molar-refractivity contribution is 0.103. The number of nitrogens with two attached hydrogens (primary N) is 1. The predicted octanol–water partition coefficient (Wildman–Crippen LogP) is 7.78. The van der Waals surface area contributed by atoms with E-state index in [9.17, 15) is 4.79 Å². The number of methoxy groups -OCH3 is 1. The van der Waals surface area contributed by atoms with Gasteiger partial charge in [-0.05, 0) is 53.6 Å². The molecule has 3 N–H and O–H groups in total. The van der Waals surface area contributed by atoms with E-state index in [1.54, 1.807) is 19.2 Å². The lowest BCUT2D eigenvalue weighted by Crippen LogP contribution is -2.12. The van der Waals surface area contributed by atoms with Crippen LogP contribution in [0, 0.1) is 0 Å². The quantitative estimate of drug-likeness (QED) is 0.248. The highest BCUT2D eigenvalue weighted by Crippen LogP contribution is 2.42. The third kappa shape index (κ3) is 4.56. The number of hydrogen-bond acceptors (Lipinski definition) is 5. The average Bonchev–Trinajstić information content (AvgIpc) is 3.21. The lowest BCUT2D eigenvalue weighted by Gasteiger charge is -2.10. The van der Waals surface area contributed by atoms with Crippen molar-refractivity contribution >= 4 is 62.0 Å². The molecule has 0 unspecified atom stereocenters. The van der Waals surface area contributed by atoms with Gasteiger partial charge in [0.2, 0.25) is 0 Å². The number of hydrogen-bond donors (Lipinski definition) is 2. The topological polar surface area (TPSA) is 77.2 Å². The van der Waals surface area contributed by atoms with Crippen molar-refractivity contribution in [2.45, 2.75) is 0 Å². The van der Waals surface area contributed by atoms with Crippen LogP contribution in [0.15, 0.2) is 78.9 Å². The van der Waals surface area contributed by atoms with Crippen molar-refractivity contribution in [3.8, 4) is 28.1 Å². The number of para-hydroxylation sites is 2. The van der Waals surface area contributed by atoms with Crippen molar-refractivity contribution in [1.82, 2.24) is 4.98 Å². The zero-order valence-corrected chi connectivity index (χ0v) is 20.8. The van der Waals surface area contributed by atoms with Gasteiger partial charge in [0.25, 0.3) is 5.91 Å². The van der Waals surface area contributed by atoms with Crippen molar-refractivity contribution in [3.05, 3.63) is 93.8 Å². The first kappa shape index (κ1) is 23.2. The SMILES string of the molecule is COc1ccccc1NC(=O)c1sc2nc(-c3ccc(Cl)cc3)cc(-c3ccc(Cl)cc3)c2c1N. The summed E-state index contributed by atoms with van der Waals surface area (Å²) in [7, 11) is 1.55. The Kier molecular flexibility index (Phi) is 6.34. The van der Waals surface area contributed by atoms with Gasteiger partial charge in [0.1, 0.15) is 15.5 Å². The second-order valence-electron chi connectivity index (χ2n) is 7.75. The number of pyridine rings is 1. The molecule has 0 bridgehead atoms. The second kappa shape index (κ2) is 9.58. The van der Waals surface area contributed by atoms with E-state index in [4.69, 9.17) is 38.7 Å². The molecule has 0 aliphatic rings. The molecular formula is C27H19Cl2N3O2S. The number of nitrogens with zero attached hydrogens (tertiary/aromatic N) is 1. The number of nitrogen functional groups attached to an aromatic ring is 1. The van der Waals surface area contributed by atoms with Gasteiger partial charge in [-0.2, -0.15) is 0 Å². The van der Waals surface area contributed by atoms with Crippen LogP contribution < -0.4 is 15.8 Å². The third-order valence-corrected chi connectivity index (χ3v) is 7.16. The number of nitrogens with one attached hydrogen (secondary N) is 1. The average molecular weight is 520 g/mol. The molecule has 5 aromatic rings. The van der Waals surface area contributed by atoms with E-state index in [1.165, 1.54) is 11.3 Å². The van der Waals surface area contributed by atoms with E-state index in [0.29, 0.717) is 36.9 Å². The number of rotatable bonds is 5. The number of benzene rings is 3. The highest BCUT2D eigenvalue weighted by Gasteiger charge is 2.22. The Morgan fingerprint density at radius 1 is 0.943 bits per heavy atom. The van der Waals surface area contributed by atoms with E-state index < -0.39 is 0 Å². The molecule has 5 rings (SSSR count). The van der Waals surface area contributed by atoms with Crippen molar-refractivity contribution in [1.29, 1.82) is 0 Å². The number of aromatic nitrogens is 1. The first-order valence-corrected chi connectivity index (χ1v) is 12.2. The molecule has 3 aromatic carbocycles. The fourth-order valence-electron chi connectivity index (χ4n) is 3.84. The van der Waals surface area contributed by atoms with Gasteiger partial charge in [-0.15, -0.1) is 11.3 Å². The minimum atomic E-state index is -0.329. The Balaban J connectivity index is 1.67. The van der Waals surface area contributed by atoms with Crippen LogP contribution in [0.5, 0.6) is 5.75 Å². The number of amides is 1. The Bertz CT molecular complexity index is 1550. The molecule has 0 saturated carbocycles. The van der Waals surface area contributed by atoms with E-state index in [-0.39, 0.29) is 5.91 Å². The summed E-state index contributed by atoms with van der Waals surface area (Å²) in [5, 5.41) is 4.90. The maximum Gasteiger partial charge on any atom is 0.268 e. The van der Waals surface area contributed by atoms with Gasteiger partial charge in [-0.3, -0.25) is 4.79 Å². The minimum absolute atomic E-state index is 0.329. The molecule has 0 fully saturated rings. The number of thiophene rings is 1. The Morgan fingerprint density at radius 2 is 1.57 bits per heavy atom. The van der Waals surface area contributed by atoms with Gasteiger partial charge >= 0.3 is 0 Å². The number of carbonyl (C=O) groups excluding carboxylic acids is 1. The normalized spacial score (nSPS) is 10.9. The number of halogens is 2. The number of fused-ring (bicyclic) bond motifs is 1. The zero-order valence-electron chi connectivity index (χ0n) is 18.5. The van der Waals surface area contributed by atoms with Gasteiger partial charge in [0, 0.05) is 21.0 Å². The van der Waals surface area contributed by atoms with E-state index in [1.807, 2.05) is 66.7 Å². The van der Waals surface area contributed by atoms with Gasteiger partial charge in [0.15, 0.2) is 0 Å². The standard InChI is InChI=1S/C27H19Cl2N3O2S/c1-34-22-5-3-2-4-20(22)31-26(33)25-24(30)23-19(15-6-10-17(28)11-7-15)14-21(32-27(23)35-25)16-8-12-18(29)13-9-16/h2-14H,30H2,1H3,(H,31,33). The van der Waals surface area contributed by atoms with Gasteiger partial charge in [0.05, 0.1) is 24.2 Å². The molecule has 0 saturated heterocycles. The third-order valence-electron chi connectivity index (χ3n) is 5.56. The Labute approximate surface area is 216 Å². The number of anilines is 2. The van der Waals surface area contributed by atoms with Crippen molar-refractivity contribution in [2.24, 2.45) is 0 Å². The maximum absolute atomic E-state index is 13.3. The molecule has 174 valence electrons. The summed E-state index contributed by atoms with van der Waals surface area (Å²) in [5.74, 6) is 0.232. The van der Waals surface area contributed by atoms with Crippen LogP contribution in [0.1, 0.15) is 9.67 Å². The van der Waals surface area contributed by atoms with Crippen molar-refractivity contribution in [2.75, 3.05) is 18.2 Å². The molecule has 0 atom stereocenters. The molecular weight excluding hydrogens is 501 g/mol. The molecule has 0 radical (unpaired) electrons. The molecule has 2 aromatic heterocycles. The van der Waals surface area contributed by atoms with Crippen molar-refractivity contribution < 1.29 is 9.53 Å². The van der Waals surface area contributed by atoms with Crippen LogP contribution in [0.2, 0.25) is 10.0 Å². The molecule has 0 aliphatic carbocycles. The summed E-state index contributed by atoms with van der Waals surface area (Å²) in [6.07, 6.45) is 0. The van der Waals surface area contributed by atoms with Crippen LogP contribution >= 0.6 is 34.5 Å². The summed E-state index contributed by atoms with van der Waals surface area (Å²) >= 11 is 13.5. The summed E-state index contributed by atoms with van der Waals surface area (Å²) in [6, 6.07) is 24.1. The van der Waals surface area contributed by atoms with Crippen LogP contribution in [0.4, 0.5) is 11.4 Å². The lowest BCUT2D eigenvalue weighted by atomic mass is 9.99. The molecule has 0 aliphatic heterocycles. The first-order chi connectivity index (χ1) is 16.9. The van der Waals surface area contributed by atoms with E-state index in [2.05, 4.69) is 5.32 Å². The second-order valence-corrected chi connectivity index (χ2v) is 9.62. The maximum atomic E-state index is 13.3. The van der Waals surface area contributed by atoms with Crippen LogP contribution in [-0.2, 0) is 0 Å². The molecule has 5 nitrogen and oxygen atoms in total. The minimum Gasteiger partial charge on any atom is -0.495 e. The largest absolute Gasteiger partial charge is 0.495 e. The fraction of sp³-hybridized carbons (Fsp3) is 0.0370. The zero-order chi connectivity index (χ0) is 24.5. The summed E-state index contributed by atoms with van der Waals surface area (Å²) < 4.78 is 5.36. The first-order valence-electron chi connectivity index (χ1n) is 10.6. The number of carbonyl (C=O) groups is 1. The molecule has 2 heterocycles. The van der Waals surface area contributed by atoms with Gasteiger partial charge < -0.3 is 15.8 Å². The predicted molar refractivity (Wildman–Crippen MR) is 146 cm³/mol. The van der Waals surface area contributed by atoms with Gasteiger partial charge in [-0.25, -0.2) is 4.98 Å². The molecule has 35 heavy (non-hydrogen) atoms. The Hall–Kier alpha value is -3.58. The van der Waals surface area contributed by atoms with Crippen molar-refractivity contribution in [3.63, 3.8) is 0 Å². The molecule has 1 amide bonds. The van der Waals surface area contributed by atoms with Crippen LogP contribution in [-0.4, -0.2) is 18.0 Å². The van der Waals surface area contributed by atoms with E-state index >= 15 is 0 Å². The molecule has 0 spiro atoms. The highest BCUT2D eigenvalue weighted by atomic mass is 35.5. The fourth-order valence-corrected chi connectivity index (χ4v) is 5.11. The van der Waals surface area contributed by atoms with E-state index in [0.717, 1.165) is 27.8 Å². The number of ether oxygens (including phenoxy) is 1. The smallest absolute Gasteiger partial charge is 0.268 e. The van der Waals surface area contributed by atoms with Gasteiger partial charge in [-0.1, -0.05) is 59.6 Å². The Morgan fingerprint density at radius 3 is 2.23 bits per heavy atom.